The lowest BCUT2D eigenvalue weighted by molar-refractivity contribution is 0.280. The maximum absolute atomic E-state index is 12.9. The summed E-state index contributed by atoms with van der Waals surface area (Å²) in [5.74, 6) is -0.332. The first-order chi connectivity index (χ1) is 5.15. The van der Waals surface area contributed by atoms with Crippen molar-refractivity contribution in [2.75, 3.05) is 0 Å². The van der Waals surface area contributed by atoms with E-state index in [9.17, 15) is 4.39 Å². The maximum atomic E-state index is 12.9. The van der Waals surface area contributed by atoms with Crippen molar-refractivity contribution < 1.29 is 9.50 Å². The monoisotopic (exact) mass is 330 g/mol. The molecule has 0 heterocycles. The Hall–Kier alpha value is 0.320. The summed E-state index contributed by atoms with van der Waals surface area (Å²) in [5.41, 5.74) is 0.578. The molecule has 0 aliphatic heterocycles. The van der Waals surface area contributed by atoms with Gasteiger partial charge in [-0.3, -0.25) is 0 Å². The molecule has 60 valence electrons. The van der Waals surface area contributed by atoms with Gasteiger partial charge in [0.15, 0.2) is 0 Å². The Morgan fingerprint density at radius 1 is 1.55 bits per heavy atom. The van der Waals surface area contributed by atoms with Crippen LogP contribution in [-0.2, 0) is 6.61 Å². The molecule has 1 aromatic carbocycles. The van der Waals surface area contributed by atoms with Crippen LogP contribution in [0.15, 0.2) is 16.6 Å². The zero-order valence-electron chi connectivity index (χ0n) is 5.44. The Kier molecular flexibility index (Phi) is 3.27. The summed E-state index contributed by atoms with van der Waals surface area (Å²) in [6, 6.07) is 3.14. The number of benzene rings is 1. The molecule has 0 fully saturated rings. The molecule has 1 aromatic rings. The summed E-state index contributed by atoms with van der Waals surface area (Å²) in [7, 11) is 0. The fraction of sp³-hybridized carbons (Fsp3) is 0.143. The Labute approximate surface area is 85.9 Å². The van der Waals surface area contributed by atoms with E-state index in [1.54, 1.807) is 6.07 Å². The van der Waals surface area contributed by atoms with Crippen LogP contribution < -0.4 is 0 Å². The second kappa shape index (κ2) is 3.82. The number of aliphatic hydroxyl groups excluding tert-OH is 1. The molecule has 1 rings (SSSR count). The van der Waals surface area contributed by atoms with Gasteiger partial charge in [-0.1, -0.05) is 0 Å². The van der Waals surface area contributed by atoms with Gasteiger partial charge in [-0.2, -0.15) is 0 Å². The van der Waals surface area contributed by atoms with Crippen LogP contribution in [0.4, 0.5) is 4.39 Å². The van der Waals surface area contributed by atoms with Crippen molar-refractivity contribution in [1.29, 1.82) is 0 Å². The SMILES string of the molecule is OCc1cc(I)cc(F)c1Br. The second-order valence-electron chi connectivity index (χ2n) is 2.02. The van der Waals surface area contributed by atoms with E-state index >= 15 is 0 Å². The molecule has 0 bridgehead atoms. The van der Waals surface area contributed by atoms with E-state index in [0.29, 0.717) is 10.0 Å². The van der Waals surface area contributed by atoms with E-state index in [2.05, 4.69) is 15.9 Å². The van der Waals surface area contributed by atoms with E-state index in [-0.39, 0.29) is 12.4 Å². The van der Waals surface area contributed by atoms with Gasteiger partial charge in [0.05, 0.1) is 11.1 Å². The van der Waals surface area contributed by atoms with Gasteiger partial charge in [0.1, 0.15) is 5.82 Å². The summed E-state index contributed by atoms with van der Waals surface area (Å²) >= 11 is 5.04. The Bertz CT molecular complexity index is 277. The number of halogens is 3. The van der Waals surface area contributed by atoms with E-state index < -0.39 is 0 Å². The quantitative estimate of drug-likeness (QED) is 0.620. The minimum absolute atomic E-state index is 0.144. The van der Waals surface area contributed by atoms with E-state index in [1.165, 1.54) is 6.07 Å². The average molecular weight is 331 g/mol. The number of hydrogen-bond acceptors (Lipinski definition) is 1. The molecule has 0 radical (unpaired) electrons. The summed E-state index contributed by atoms with van der Waals surface area (Å²) < 4.78 is 14.0. The van der Waals surface area contributed by atoms with Crippen LogP contribution in [0.2, 0.25) is 0 Å². The smallest absolute Gasteiger partial charge is 0.138 e. The summed E-state index contributed by atoms with van der Waals surface area (Å²) in [6.45, 7) is -0.144. The minimum Gasteiger partial charge on any atom is -0.392 e. The van der Waals surface area contributed by atoms with Crippen LogP contribution in [0, 0.1) is 9.39 Å². The lowest BCUT2D eigenvalue weighted by atomic mass is 10.2. The molecule has 0 aliphatic carbocycles. The van der Waals surface area contributed by atoms with Crippen LogP contribution in [0.3, 0.4) is 0 Å². The van der Waals surface area contributed by atoms with Crippen molar-refractivity contribution in [3.8, 4) is 0 Å². The molecule has 4 heteroatoms. The van der Waals surface area contributed by atoms with Crippen molar-refractivity contribution in [3.63, 3.8) is 0 Å². The Morgan fingerprint density at radius 3 is 2.73 bits per heavy atom. The van der Waals surface area contributed by atoms with Crippen LogP contribution in [-0.4, -0.2) is 5.11 Å². The molecule has 0 spiro atoms. The molecule has 0 amide bonds. The van der Waals surface area contributed by atoms with Crippen LogP contribution in [0.5, 0.6) is 0 Å². The van der Waals surface area contributed by atoms with Crippen molar-refractivity contribution in [2.45, 2.75) is 6.61 Å². The summed E-state index contributed by atoms with van der Waals surface area (Å²) in [5, 5.41) is 8.77. The third-order valence-corrected chi connectivity index (χ3v) is 2.75. The van der Waals surface area contributed by atoms with Gasteiger partial charge in [-0.25, -0.2) is 4.39 Å². The van der Waals surface area contributed by atoms with Gasteiger partial charge in [0, 0.05) is 3.57 Å². The normalized spacial score (nSPS) is 10.2. The summed E-state index contributed by atoms with van der Waals surface area (Å²) in [6.07, 6.45) is 0. The zero-order chi connectivity index (χ0) is 8.43. The van der Waals surface area contributed by atoms with E-state index in [1.807, 2.05) is 22.6 Å². The predicted molar refractivity (Wildman–Crippen MR) is 52.7 cm³/mol. The van der Waals surface area contributed by atoms with E-state index in [0.717, 1.165) is 3.57 Å². The number of hydrogen-bond donors (Lipinski definition) is 1. The van der Waals surface area contributed by atoms with Gasteiger partial charge in [0.25, 0.3) is 0 Å². The zero-order valence-corrected chi connectivity index (χ0v) is 9.19. The first kappa shape index (κ1) is 9.41. The van der Waals surface area contributed by atoms with Gasteiger partial charge in [0.2, 0.25) is 0 Å². The highest BCUT2D eigenvalue weighted by Gasteiger charge is 2.05. The first-order valence-corrected chi connectivity index (χ1v) is 4.76. The molecule has 1 N–H and O–H groups in total. The molecular formula is C7H5BrFIO. The fourth-order valence-electron chi connectivity index (χ4n) is 0.724. The highest BCUT2D eigenvalue weighted by Crippen LogP contribution is 2.23. The van der Waals surface area contributed by atoms with Gasteiger partial charge in [-0.05, 0) is 56.2 Å². The molecule has 0 saturated heterocycles. The van der Waals surface area contributed by atoms with Crippen molar-refractivity contribution in [3.05, 3.63) is 31.6 Å². The number of rotatable bonds is 1. The van der Waals surface area contributed by atoms with Crippen LogP contribution >= 0.6 is 38.5 Å². The predicted octanol–water partition coefficient (Wildman–Crippen LogP) is 2.69. The average Bonchev–Trinajstić information content (AvgIpc) is 1.96. The Morgan fingerprint density at radius 2 is 2.18 bits per heavy atom. The van der Waals surface area contributed by atoms with Crippen molar-refractivity contribution >= 4 is 38.5 Å². The lowest BCUT2D eigenvalue weighted by Gasteiger charge is -2.01. The third kappa shape index (κ3) is 2.13. The van der Waals surface area contributed by atoms with Gasteiger partial charge >= 0.3 is 0 Å². The maximum Gasteiger partial charge on any atom is 0.138 e. The second-order valence-corrected chi connectivity index (χ2v) is 4.06. The molecule has 11 heavy (non-hydrogen) atoms. The summed E-state index contributed by atoms with van der Waals surface area (Å²) in [4.78, 5) is 0. The van der Waals surface area contributed by atoms with E-state index in [4.69, 9.17) is 5.11 Å². The lowest BCUT2D eigenvalue weighted by Crippen LogP contribution is -1.90. The van der Waals surface area contributed by atoms with Crippen LogP contribution in [0.25, 0.3) is 0 Å². The Balaban J connectivity index is 3.24. The third-order valence-electron chi connectivity index (χ3n) is 1.24. The molecular weight excluding hydrogens is 326 g/mol. The highest BCUT2D eigenvalue weighted by molar-refractivity contribution is 14.1. The molecule has 0 aliphatic rings. The van der Waals surface area contributed by atoms with Crippen molar-refractivity contribution in [2.24, 2.45) is 0 Å². The minimum atomic E-state index is -0.332. The van der Waals surface area contributed by atoms with Crippen LogP contribution in [0.1, 0.15) is 5.56 Å². The fourth-order valence-corrected chi connectivity index (χ4v) is 1.73. The topological polar surface area (TPSA) is 20.2 Å². The highest BCUT2D eigenvalue weighted by atomic mass is 127. The molecule has 0 aromatic heterocycles. The molecule has 0 atom stereocenters. The molecule has 1 nitrogen and oxygen atoms in total. The van der Waals surface area contributed by atoms with Gasteiger partial charge in [-0.15, -0.1) is 0 Å². The number of aliphatic hydroxyl groups is 1. The molecule has 0 saturated carbocycles. The largest absolute Gasteiger partial charge is 0.392 e. The van der Waals surface area contributed by atoms with Gasteiger partial charge < -0.3 is 5.11 Å². The van der Waals surface area contributed by atoms with Crippen molar-refractivity contribution in [1.82, 2.24) is 0 Å². The first-order valence-electron chi connectivity index (χ1n) is 2.89. The standard InChI is InChI=1S/C7H5BrFIO/c8-7-4(3-11)1-5(10)2-6(7)9/h1-2,11H,3H2. The molecule has 0 unspecified atom stereocenters.